The molecule has 3 heteroatoms. The summed E-state index contributed by atoms with van der Waals surface area (Å²) in [5, 5.41) is 0. The Morgan fingerprint density at radius 1 is 1.39 bits per heavy atom. The van der Waals surface area contributed by atoms with E-state index in [-0.39, 0.29) is 5.41 Å². The molecule has 18 heavy (non-hydrogen) atoms. The maximum Gasteiger partial charge on any atom is 0.127 e. The van der Waals surface area contributed by atoms with E-state index in [4.69, 9.17) is 4.74 Å². The van der Waals surface area contributed by atoms with E-state index >= 15 is 0 Å². The standard InChI is InChI=1S/C15H27NO2/c1-13-4-3-7-15(10-13,12-17)11-16(8-9-18-2)14-5-6-14/h12-14H,3-11H2,1-2H3. The summed E-state index contributed by atoms with van der Waals surface area (Å²) in [6, 6.07) is 0.717. The Balaban J connectivity index is 1.95. The largest absolute Gasteiger partial charge is 0.383 e. The topological polar surface area (TPSA) is 29.5 Å². The molecule has 2 aliphatic carbocycles. The van der Waals surface area contributed by atoms with Crippen LogP contribution in [0.3, 0.4) is 0 Å². The Kier molecular flexibility index (Phi) is 4.79. The molecular weight excluding hydrogens is 226 g/mol. The molecule has 3 nitrogen and oxygen atoms in total. The lowest BCUT2D eigenvalue weighted by Crippen LogP contribution is -2.44. The van der Waals surface area contributed by atoms with E-state index < -0.39 is 0 Å². The minimum Gasteiger partial charge on any atom is -0.383 e. The first-order chi connectivity index (χ1) is 8.69. The Labute approximate surface area is 111 Å². The van der Waals surface area contributed by atoms with Crippen molar-refractivity contribution in [3.8, 4) is 0 Å². The van der Waals surface area contributed by atoms with E-state index in [1.54, 1.807) is 7.11 Å². The summed E-state index contributed by atoms with van der Waals surface area (Å²) in [4.78, 5) is 14.1. The van der Waals surface area contributed by atoms with Gasteiger partial charge in [0, 0.05) is 31.7 Å². The molecule has 2 atom stereocenters. The van der Waals surface area contributed by atoms with Gasteiger partial charge in [-0.05, 0) is 31.6 Å². The lowest BCUT2D eigenvalue weighted by molar-refractivity contribution is -0.120. The van der Waals surface area contributed by atoms with Crippen molar-refractivity contribution in [3.63, 3.8) is 0 Å². The van der Waals surface area contributed by atoms with Gasteiger partial charge in [0.05, 0.1) is 6.61 Å². The summed E-state index contributed by atoms with van der Waals surface area (Å²) in [5.41, 5.74) is -0.0754. The maximum atomic E-state index is 11.6. The van der Waals surface area contributed by atoms with E-state index in [0.717, 1.165) is 32.5 Å². The van der Waals surface area contributed by atoms with Crippen molar-refractivity contribution in [2.24, 2.45) is 11.3 Å². The van der Waals surface area contributed by atoms with Gasteiger partial charge in [0.15, 0.2) is 0 Å². The highest BCUT2D eigenvalue weighted by atomic mass is 16.5. The highest BCUT2D eigenvalue weighted by Gasteiger charge is 2.39. The van der Waals surface area contributed by atoms with Crippen LogP contribution >= 0.6 is 0 Å². The zero-order chi connectivity index (χ0) is 13.0. The molecule has 2 rings (SSSR count). The Morgan fingerprint density at radius 3 is 2.72 bits per heavy atom. The zero-order valence-corrected chi connectivity index (χ0v) is 11.9. The second kappa shape index (κ2) is 6.16. The summed E-state index contributed by atoms with van der Waals surface area (Å²) in [6.07, 6.45) is 8.51. The van der Waals surface area contributed by atoms with E-state index in [1.165, 1.54) is 32.0 Å². The molecule has 0 amide bonds. The van der Waals surface area contributed by atoms with Gasteiger partial charge in [-0.2, -0.15) is 0 Å². The Morgan fingerprint density at radius 2 is 2.17 bits per heavy atom. The monoisotopic (exact) mass is 253 g/mol. The SMILES string of the molecule is COCCN(CC1(C=O)CCCC(C)C1)C1CC1. The van der Waals surface area contributed by atoms with Crippen molar-refractivity contribution in [1.29, 1.82) is 0 Å². The molecule has 2 fully saturated rings. The van der Waals surface area contributed by atoms with Crippen LogP contribution in [-0.4, -0.2) is 44.0 Å². The second-order valence-corrected chi connectivity index (χ2v) is 6.38. The van der Waals surface area contributed by atoms with Crippen LogP contribution < -0.4 is 0 Å². The first-order valence-electron chi connectivity index (χ1n) is 7.38. The van der Waals surface area contributed by atoms with Gasteiger partial charge in [-0.15, -0.1) is 0 Å². The van der Waals surface area contributed by atoms with Crippen molar-refractivity contribution in [2.75, 3.05) is 26.8 Å². The number of carbonyl (C=O) groups excluding carboxylic acids is 1. The minimum absolute atomic E-state index is 0.0754. The van der Waals surface area contributed by atoms with Gasteiger partial charge >= 0.3 is 0 Å². The van der Waals surface area contributed by atoms with Crippen molar-refractivity contribution >= 4 is 6.29 Å². The number of rotatable bonds is 7. The highest BCUT2D eigenvalue weighted by Crippen LogP contribution is 2.40. The van der Waals surface area contributed by atoms with Gasteiger partial charge < -0.3 is 9.53 Å². The third-order valence-electron chi connectivity index (χ3n) is 4.54. The molecule has 2 unspecified atom stereocenters. The first kappa shape index (κ1) is 14.0. The fourth-order valence-electron chi connectivity index (χ4n) is 3.43. The third kappa shape index (κ3) is 3.55. The number of aldehydes is 1. The molecule has 0 heterocycles. The van der Waals surface area contributed by atoms with Crippen LogP contribution in [0.4, 0.5) is 0 Å². The lowest BCUT2D eigenvalue weighted by atomic mass is 9.70. The van der Waals surface area contributed by atoms with Crippen molar-refractivity contribution in [1.82, 2.24) is 4.90 Å². The summed E-state index contributed by atoms with van der Waals surface area (Å²) in [5.74, 6) is 0.701. The normalized spacial score (nSPS) is 32.7. The van der Waals surface area contributed by atoms with Gasteiger partial charge in [-0.3, -0.25) is 4.90 Å². The molecular formula is C15H27NO2. The number of carbonyl (C=O) groups is 1. The number of nitrogens with zero attached hydrogens (tertiary/aromatic N) is 1. The minimum atomic E-state index is -0.0754. The number of hydrogen-bond acceptors (Lipinski definition) is 3. The van der Waals surface area contributed by atoms with Crippen LogP contribution in [0.15, 0.2) is 0 Å². The molecule has 0 aliphatic heterocycles. The molecule has 0 spiro atoms. The molecule has 0 radical (unpaired) electrons. The predicted octanol–water partition coefficient (Wildman–Crippen LogP) is 2.49. The molecule has 2 aliphatic rings. The molecule has 0 aromatic rings. The molecule has 0 aromatic heterocycles. The molecule has 2 saturated carbocycles. The highest BCUT2D eigenvalue weighted by molar-refractivity contribution is 5.60. The Bertz CT molecular complexity index is 278. The van der Waals surface area contributed by atoms with Crippen LogP contribution in [0.5, 0.6) is 0 Å². The average Bonchev–Trinajstić information content (AvgIpc) is 3.19. The van der Waals surface area contributed by atoms with Crippen LogP contribution in [0.1, 0.15) is 45.4 Å². The first-order valence-corrected chi connectivity index (χ1v) is 7.38. The lowest BCUT2D eigenvalue weighted by Gasteiger charge is -2.39. The van der Waals surface area contributed by atoms with Crippen LogP contribution in [0.25, 0.3) is 0 Å². The number of hydrogen-bond donors (Lipinski definition) is 0. The molecule has 0 N–H and O–H groups in total. The quantitative estimate of drug-likeness (QED) is 0.653. The smallest absolute Gasteiger partial charge is 0.127 e. The summed E-state index contributed by atoms with van der Waals surface area (Å²) < 4.78 is 5.20. The predicted molar refractivity (Wildman–Crippen MR) is 72.6 cm³/mol. The van der Waals surface area contributed by atoms with Crippen LogP contribution in [0.2, 0.25) is 0 Å². The summed E-state index contributed by atoms with van der Waals surface area (Å²) >= 11 is 0. The van der Waals surface area contributed by atoms with Gasteiger partial charge in [-0.25, -0.2) is 0 Å². The van der Waals surface area contributed by atoms with E-state index in [2.05, 4.69) is 11.8 Å². The van der Waals surface area contributed by atoms with Gasteiger partial charge in [0.2, 0.25) is 0 Å². The van der Waals surface area contributed by atoms with E-state index in [0.29, 0.717) is 12.0 Å². The molecule has 0 saturated heterocycles. The maximum absolute atomic E-state index is 11.6. The second-order valence-electron chi connectivity index (χ2n) is 6.38. The third-order valence-corrected chi connectivity index (χ3v) is 4.54. The number of ether oxygens (including phenoxy) is 1. The van der Waals surface area contributed by atoms with Gasteiger partial charge in [0.1, 0.15) is 6.29 Å². The summed E-state index contributed by atoms with van der Waals surface area (Å²) in [7, 11) is 1.75. The molecule has 0 aromatic carbocycles. The van der Waals surface area contributed by atoms with Crippen molar-refractivity contribution < 1.29 is 9.53 Å². The molecule has 0 bridgehead atoms. The van der Waals surface area contributed by atoms with Gasteiger partial charge in [0.25, 0.3) is 0 Å². The fraction of sp³-hybridized carbons (Fsp3) is 0.933. The van der Waals surface area contributed by atoms with Crippen LogP contribution in [-0.2, 0) is 9.53 Å². The average molecular weight is 253 g/mol. The van der Waals surface area contributed by atoms with Crippen molar-refractivity contribution in [2.45, 2.75) is 51.5 Å². The Hall–Kier alpha value is -0.410. The van der Waals surface area contributed by atoms with Crippen molar-refractivity contribution in [3.05, 3.63) is 0 Å². The van der Waals surface area contributed by atoms with E-state index in [9.17, 15) is 4.79 Å². The molecule has 104 valence electrons. The fourth-order valence-corrected chi connectivity index (χ4v) is 3.43. The number of methoxy groups -OCH3 is 1. The zero-order valence-electron chi connectivity index (χ0n) is 11.9. The van der Waals surface area contributed by atoms with E-state index in [1.807, 2.05) is 0 Å². The van der Waals surface area contributed by atoms with Crippen LogP contribution in [0, 0.1) is 11.3 Å². The van der Waals surface area contributed by atoms with Gasteiger partial charge in [-0.1, -0.05) is 19.8 Å². The summed E-state index contributed by atoms with van der Waals surface area (Å²) in [6.45, 7) is 5.00.